The molecule has 1 fully saturated rings. The number of halogens is 1. The highest BCUT2D eigenvalue weighted by Crippen LogP contribution is 2.23. The van der Waals surface area contributed by atoms with Gasteiger partial charge in [0, 0.05) is 43.9 Å². The number of unbranched alkanes of at least 4 members (excludes halogenated alkanes) is 2. The third kappa shape index (κ3) is 6.11. The molecule has 4 rings (SSSR count). The molecule has 3 aromatic rings. The first-order valence-electron chi connectivity index (χ1n) is 11.9. The Hall–Kier alpha value is -3.00. The van der Waals surface area contributed by atoms with E-state index in [1.807, 2.05) is 40.4 Å². The molecule has 0 unspecified atom stereocenters. The van der Waals surface area contributed by atoms with Crippen molar-refractivity contribution in [3.63, 3.8) is 0 Å². The van der Waals surface area contributed by atoms with Crippen LogP contribution in [0.5, 0.6) is 0 Å². The molecule has 0 spiro atoms. The number of thiophene rings is 1. The topological polar surface area (TPSA) is 69.3 Å². The van der Waals surface area contributed by atoms with Crippen LogP contribution >= 0.6 is 11.3 Å². The number of nitrogens with zero attached hydrogens (tertiary/aromatic N) is 3. The van der Waals surface area contributed by atoms with Crippen LogP contribution in [0.15, 0.2) is 47.8 Å². The predicted molar refractivity (Wildman–Crippen MR) is 132 cm³/mol. The van der Waals surface area contributed by atoms with E-state index in [1.54, 1.807) is 12.1 Å². The molecule has 2 aromatic heterocycles. The summed E-state index contributed by atoms with van der Waals surface area (Å²) in [6.45, 7) is 2.03. The number of rotatable bonds is 9. The Morgan fingerprint density at radius 3 is 2.62 bits per heavy atom. The predicted octanol–water partition coefficient (Wildman–Crippen LogP) is 5.00. The van der Waals surface area contributed by atoms with Crippen molar-refractivity contribution in [3.8, 4) is 11.3 Å². The summed E-state index contributed by atoms with van der Waals surface area (Å²) in [5.74, 6) is 0.0296. The van der Waals surface area contributed by atoms with Gasteiger partial charge in [0.05, 0.1) is 10.6 Å². The van der Waals surface area contributed by atoms with Crippen molar-refractivity contribution in [2.24, 2.45) is 5.92 Å². The van der Waals surface area contributed by atoms with Crippen LogP contribution in [0.2, 0.25) is 0 Å². The monoisotopic (exact) mass is 482 g/mol. The second kappa shape index (κ2) is 11.4. The van der Waals surface area contributed by atoms with Crippen LogP contribution in [0.3, 0.4) is 0 Å². The molecule has 0 aliphatic carbocycles. The van der Waals surface area contributed by atoms with Crippen molar-refractivity contribution < 1.29 is 14.0 Å². The Bertz CT molecular complexity index is 1070. The lowest BCUT2D eigenvalue weighted by molar-refractivity contribution is -0.135. The van der Waals surface area contributed by atoms with Gasteiger partial charge in [-0.15, -0.1) is 11.3 Å². The van der Waals surface area contributed by atoms with Gasteiger partial charge in [0.25, 0.3) is 5.91 Å². The number of hydrogen-bond donors (Lipinski definition) is 1. The Kier molecular flexibility index (Phi) is 8.11. The molecule has 1 aliphatic heterocycles. The molecule has 8 heteroatoms. The van der Waals surface area contributed by atoms with Crippen LogP contribution in [0.1, 0.15) is 47.5 Å². The molecule has 3 heterocycles. The summed E-state index contributed by atoms with van der Waals surface area (Å²) in [6.07, 6.45) is 5.35. The summed E-state index contributed by atoms with van der Waals surface area (Å²) in [7, 11) is 1.88. The fourth-order valence-electron chi connectivity index (χ4n) is 4.41. The van der Waals surface area contributed by atoms with E-state index in [2.05, 4.69) is 10.2 Å². The molecule has 1 saturated heterocycles. The highest BCUT2D eigenvalue weighted by molar-refractivity contribution is 7.12. The summed E-state index contributed by atoms with van der Waals surface area (Å²) in [6, 6.07) is 12.1. The van der Waals surface area contributed by atoms with E-state index in [0.29, 0.717) is 13.1 Å². The molecule has 0 bridgehead atoms. The normalized spacial score (nSPS) is 14.4. The van der Waals surface area contributed by atoms with Gasteiger partial charge in [0.15, 0.2) is 0 Å². The van der Waals surface area contributed by atoms with E-state index in [1.165, 1.54) is 23.5 Å². The van der Waals surface area contributed by atoms with Crippen LogP contribution in [-0.4, -0.2) is 58.5 Å². The Morgan fingerprint density at radius 2 is 1.91 bits per heavy atom. The van der Waals surface area contributed by atoms with Crippen molar-refractivity contribution in [1.29, 1.82) is 0 Å². The number of benzene rings is 1. The SMILES string of the molecule is CN(CCCCCc1cc(-c2ccc(F)cc2)n[nH]1)C(=O)C1CCN(C(=O)c2cccs2)CC1. The highest BCUT2D eigenvalue weighted by Gasteiger charge is 2.29. The maximum Gasteiger partial charge on any atom is 0.263 e. The maximum atomic E-state index is 13.1. The van der Waals surface area contributed by atoms with Crippen molar-refractivity contribution in [3.05, 3.63) is 64.2 Å². The van der Waals surface area contributed by atoms with E-state index >= 15 is 0 Å². The summed E-state index contributed by atoms with van der Waals surface area (Å²) in [4.78, 5) is 29.8. The molecule has 1 aromatic carbocycles. The minimum absolute atomic E-state index is 0.00672. The first-order valence-corrected chi connectivity index (χ1v) is 12.8. The van der Waals surface area contributed by atoms with E-state index in [9.17, 15) is 14.0 Å². The largest absolute Gasteiger partial charge is 0.346 e. The number of H-pyrrole nitrogens is 1. The smallest absolute Gasteiger partial charge is 0.263 e. The molecule has 1 aliphatic rings. The number of aromatic nitrogens is 2. The lowest BCUT2D eigenvalue weighted by atomic mass is 9.95. The number of amides is 2. The number of piperidine rings is 1. The van der Waals surface area contributed by atoms with E-state index in [0.717, 1.165) is 66.9 Å². The van der Waals surface area contributed by atoms with E-state index in [-0.39, 0.29) is 23.5 Å². The van der Waals surface area contributed by atoms with Crippen molar-refractivity contribution in [2.75, 3.05) is 26.7 Å². The number of carbonyl (C=O) groups excluding carboxylic acids is 2. The van der Waals surface area contributed by atoms with Crippen molar-refractivity contribution >= 4 is 23.2 Å². The Labute approximate surface area is 203 Å². The van der Waals surface area contributed by atoms with Crippen LogP contribution in [0.4, 0.5) is 4.39 Å². The molecule has 6 nitrogen and oxygen atoms in total. The molecule has 2 amide bonds. The Balaban J connectivity index is 1.13. The molecule has 0 atom stereocenters. The average Bonchev–Trinajstić information content (AvgIpc) is 3.56. The van der Waals surface area contributed by atoms with Gasteiger partial charge in [-0.1, -0.05) is 12.5 Å². The molecule has 0 radical (unpaired) electrons. The van der Waals surface area contributed by atoms with Gasteiger partial charge >= 0.3 is 0 Å². The third-order valence-electron chi connectivity index (χ3n) is 6.45. The second-order valence-electron chi connectivity index (χ2n) is 8.90. The van der Waals surface area contributed by atoms with Crippen LogP contribution in [0, 0.1) is 11.7 Å². The first kappa shape index (κ1) is 24.1. The van der Waals surface area contributed by atoms with Crippen LogP contribution in [0.25, 0.3) is 11.3 Å². The van der Waals surface area contributed by atoms with Gasteiger partial charge in [-0.25, -0.2) is 4.39 Å². The van der Waals surface area contributed by atoms with Crippen molar-refractivity contribution in [2.45, 2.75) is 38.5 Å². The van der Waals surface area contributed by atoms with E-state index in [4.69, 9.17) is 0 Å². The third-order valence-corrected chi connectivity index (χ3v) is 7.31. The molecule has 180 valence electrons. The summed E-state index contributed by atoms with van der Waals surface area (Å²) >= 11 is 1.46. The summed E-state index contributed by atoms with van der Waals surface area (Å²) in [5.41, 5.74) is 2.78. The van der Waals surface area contributed by atoms with Gasteiger partial charge < -0.3 is 9.80 Å². The minimum Gasteiger partial charge on any atom is -0.346 e. The lowest BCUT2D eigenvalue weighted by Crippen LogP contribution is -2.43. The molecular formula is C26H31FN4O2S. The van der Waals surface area contributed by atoms with Crippen molar-refractivity contribution in [1.82, 2.24) is 20.0 Å². The summed E-state index contributed by atoms with van der Waals surface area (Å²) in [5, 5.41) is 9.30. The zero-order valence-corrected chi connectivity index (χ0v) is 20.3. The van der Waals surface area contributed by atoms with Gasteiger partial charge in [-0.2, -0.15) is 5.10 Å². The standard InChI is InChI=1S/C26H31FN4O2S/c1-30(25(32)20-12-15-31(16-13-20)26(33)24-7-5-17-34-24)14-4-2-3-6-22-18-23(29-28-22)19-8-10-21(27)11-9-19/h5,7-11,17-18,20H,2-4,6,12-16H2,1H3,(H,28,29). The van der Waals surface area contributed by atoms with Gasteiger partial charge in [-0.3, -0.25) is 14.7 Å². The summed E-state index contributed by atoms with van der Waals surface area (Å²) < 4.78 is 13.1. The Morgan fingerprint density at radius 1 is 1.15 bits per heavy atom. The fourth-order valence-corrected chi connectivity index (χ4v) is 5.10. The highest BCUT2D eigenvalue weighted by atomic mass is 32.1. The fraction of sp³-hybridized carbons (Fsp3) is 0.423. The number of nitrogens with one attached hydrogen (secondary N) is 1. The minimum atomic E-state index is -0.252. The van der Waals surface area contributed by atoms with Crippen LogP contribution in [-0.2, 0) is 11.2 Å². The quantitative estimate of drug-likeness (QED) is 0.436. The number of likely N-dealkylation sites (tertiary alicyclic amines) is 1. The van der Waals surface area contributed by atoms with Gasteiger partial charge in [0.2, 0.25) is 5.91 Å². The lowest BCUT2D eigenvalue weighted by Gasteiger charge is -2.33. The average molecular weight is 483 g/mol. The second-order valence-corrected chi connectivity index (χ2v) is 9.85. The number of carbonyl (C=O) groups is 2. The van der Waals surface area contributed by atoms with Gasteiger partial charge in [0.1, 0.15) is 5.82 Å². The zero-order chi connectivity index (χ0) is 23.9. The molecule has 34 heavy (non-hydrogen) atoms. The van der Waals surface area contributed by atoms with E-state index < -0.39 is 0 Å². The first-order chi connectivity index (χ1) is 16.5. The zero-order valence-electron chi connectivity index (χ0n) is 19.5. The number of aromatic amines is 1. The molecular weight excluding hydrogens is 451 g/mol. The number of aryl methyl sites for hydroxylation is 1. The van der Waals surface area contributed by atoms with Crippen LogP contribution < -0.4 is 0 Å². The number of hydrogen-bond acceptors (Lipinski definition) is 4. The molecule has 0 saturated carbocycles. The maximum absolute atomic E-state index is 13.1. The van der Waals surface area contributed by atoms with Gasteiger partial charge in [-0.05, 0) is 73.9 Å². The molecule has 1 N–H and O–H groups in total.